The zero-order valence-electron chi connectivity index (χ0n) is 14.6. The zero-order valence-corrected chi connectivity index (χ0v) is 14.6. The highest BCUT2D eigenvalue weighted by molar-refractivity contribution is 4.90. The van der Waals surface area contributed by atoms with Crippen LogP contribution in [0.3, 0.4) is 0 Å². The lowest BCUT2D eigenvalue weighted by Crippen LogP contribution is -2.47. The Morgan fingerprint density at radius 3 is 2.43 bits per heavy atom. The molecule has 0 heterocycles. The van der Waals surface area contributed by atoms with Gasteiger partial charge in [0.05, 0.1) is 0 Å². The molecule has 1 N–H and O–H groups in total. The molecule has 21 heavy (non-hydrogen) atoms. The van der Waals surface area contributed by atoms with Crippen molar-refractivity contribution in [2.75, 3.05) is 19.7 Å². The summed E-state index contributed by atoms with van der Waals surface area (Å²) in [5, 5.41) is 10.1. The van der Waals surface area contributed by atoms with Gasteiger partial charge in [-0.15, -0.1) is 0 Å². The predicted octanol–water partition coefficient (Wildman–Crippen LogP) is 4.47. The van der Waals surface area contributed by atoms with Crippen LogP contribution in [0, 0.1) is 17.3 Å². The van der Waals surface area contributed by atoms with Gasteiger partial charge in [0.1, 0.15) is 0 Å². The van der Waals surface area contributed by atoms with Crippen LogP contribution in [0.15, 0.2) is 0 Å². The van der Waals surface area contributed by atoms with Gasteiger partial charge in [-0.3, -0.25) is 4.90 Å². The smallest absolute Gasteiger partial charge is 0.0499 e. The lowest BCUT2D eigenvalue weighted by molar-refractivity contribution is 0.00975. The third-order valence-electron chi connectivity index (χ3n) is 5.89. The van der Waals surface area contributed by atoms with Crippen molar-refractivity contribution in [2.45, 2.75) is 84.6 Å². The summed E-state index contributed by atoms with van der Waals surface area (Å²) in [6.45, 7) is 9.80. The molecule has 2 aliphatic carbocycles. The molecule has 2 saturated carbocycles. The Balaban J connectivity index is 2.00. The Hall–Kier alpha value is -0.0800. The minimum absolute atomic E-state index is 0.192. The third kappa shape index (κ3) is 4.96. The topological polar surface area (TPSA) is 23.5 Å². The summed E-state index contributed by atoms with van der Waals surface area (Å²) in [5.74, 6) is 1.57. The second kappa shape index (κ2) is 7.97. The Morgan fingerprint density at radius 2 is 1.86 bits per heavy atom. The summed E-state index contributed by atoms with van der Waals surface area (Å²) >= 11 is 0. The molecule has 2 rings (SSSR count). The molecule has 0 aliphatic heterocycles. The maximum Gasteiger partial charge on any atom is 0.0499 e. The summed E-state index contributed by atoms with van der Waals surface area (Å²) in [4.78, 5) is 2.77. The van der Waals surface area contributed by atoms with Gasteiger partial charge in [-0.05, 0) is 50.5 Å². The van der Waals surface area contributed by atoms with Gasteiger partial charge in [-0.25, -0.2) is 0 Å². The van der Waals surface area contributed by atoms with Crippen molar-refractivity contribution in [1.82, 2.24) is 4.90 Å². The molecule has 2 heteroatoms. The predicted molar refractivity (Wildman–Crippen MR) is 90.4 cm³/mol. The van der Waals surface area contributed by atoms with Crippen molar-refractivity contribution >= 4 is 0 Å². The van der Waals surface area contributed by atoms with Gasteiger partial charge in [0, 0.05) is 24.6 Å². The average Bonchev–Trinajstić information content (AvgIpc) is 2.97. The van der Waals surface area contributed by atoms with Crippen LogP contribution in [0.2, 0.25) is 0 Å². The van der Waals surface area contributed by atoms with E-state index in [0.717, 1.165) is 24.4 Å². The van der Waals surface area contributed by atoms with E-state index in [9.17, 15) is 5.11 Å². The van der Waals surface area contributed by atoms with Crippen molar-refractivity contribution < 1.29 is 5.11 Å². The van der Waals surface area contributed by atoms with Gasteiger partial charge in [0.15, 0.2) is 0 Å². The fraction of sp³-hybridized carbons (Fsp3) is 1.00. The second-order valence-electron chi connectivity index (χ2n) is 8.45. The fourth-order valence-corrected chi connectivity index (χ4v) is 4.62. The molecular weight excluding hydrogens is 258 g/mol. The van der Waals surface area contributed by atoms with Crippen molar-refractivity contribution in [1.29, 1.82) is 0 Å². The van der Waals surface area contributed by atoms with Gasteiger partial charge in [-0.2, -0.15) is 0 Å². The van der Waals surface area contributed by atoms with E-state index in [2.05, 4.69) is 25.7 Å². The molecule has 0 aromatic heterocycles. The lowest BCUT2D eigenvalue weighted by Gasteiger charge is -2.44. The average molecular weight is 296 g/mol. The molecule has 2 atom stereocenters. The van der Waals surface area contributed by atoms with Crippen LogP contribution in [-0.4, -0.2) is 35.7 Å². The minimum atomic E-state index is 0.192. The van der Waals surface area contributed by atoms with Crippen LogP contribution in [0.25, 0.3) is 0 Å². The largest absolute Gasteiger partial charge is 0.396 e. The van der Waals surface area contributed by atoms with Gasteiger partial charge in [-0.1, -0.05) is 46.5 Å². The molecule has 2 nitrogen and oxygen atoms in total. The van der Waals surface area contributed by atoms with Crippen LogP contribution >= 0.6 is 0 Å². The van der Waals surface area contributed by atoms with E-state index >= 15 is 0 Å². The first kappa shape index (κ1) is 17.3. The summed E-state index contributed by atoms with van der Waals surface area (Å²) in [7, 11) is 0. The Bertz CT molecular complexity index is 298. The van der Waals surface area contributed by atoms with Crippen molar-refractivity contribution in [3.63, 3.8) is 0 Å². The van der Waals surface area contributed by atoms with Crippen molar-refractivity contribution in [3.8, 4) is 0 Å². The second-order valence-corrected chi connectivity index (χ2v) is 8.45. The molecule has 124 valence electrons. The fourth-order valence-electron chi connectivity index (χ4n) is 4.62. The standard InChI is InChI=1S/C19H37NO/c1-16(2)10-12-20(18-8-4-5-9-18)14-19(15-21)11-6-7-17(3)13-19/h16-18,21H,4-15H2,1-3H3. The highest BCUT2D eigenvalue weighted by atomic mass is 16.3. The molecule has 0 aromatic rings. The van der Waals surface area contributed by atoms with Crippen molar-refractivity contribution in [2.24, 2.45) is 17.3 Å². The minimum Gasteiger partial charge on any atom is -0.396 e. The maximum absolute atomic E-state index is 10.1. The number of nitrogens with zero attached hydrogens (tertiary/aromatic N) is 1. The molecule has 0 radical (unpaired) electrons. The molecular formula is C19H37NO. The highest BCUT2D eigenvalue weighted by Crippen LogP contribution is 2.41. The molecule has 0 spiro atoms. The van der Waals surface area contributed by atoms with E-state index in [0.29, 0.717) is 6.61 Å². The first-order valence-corrected chi connectivity index (χ1v) is 9.39. The number of aliphatic hydroxyl groups is 1. The van der Waals surface area contributed by atoms with Crippen LogP contribution in [0.5, 0.6) is 0 Å². The van der Waals surface area contributed by atoms with Gasteiger partial charge < -0.3 is 5.11 Å². The molecule has 2 aliphatic rings. The third-order valence-corrected chi connectivity index (χ3v) is 5.89. The van der Waals surface area contributed by atoms with Crippen LogP contribution in [0.1, 0.15) is 78.6 Å². The summed E-state index contributed by atoms with van der Waals surface area (Å²) < 4.78 is 0. The lowest BCUT2D eigenvalue weighted by atomic mass is 9.70. The summed E-state index contributed by atoms with van der Waals surface area (Å²) in [6, 6.07) is 0.796. The van der Waals surface area contributed by atoms with E-state index in [1.165, 1.54) is 64.3 Å². The Kier molecular flexibility index (Phi) is 6.55. The van der Waals surface area contributed by atoms with Crippen molar-refractivity contribution in [3.05, 3.63) is 0 Å². The van der Waals surface area contributed by atoms with Gasteiger partial charge in [0.25, 0.3) is 0 Å². The molecule has 2 unspecified atom stereocenters. The van der Waals surface area contributed by atoms with E-state index in [1.807, 2.05) is 0 Å². The summed E-state index contributed by atoms with van der Waals surface area (Å²) in [5.41, 5.74) is 0.192. The molecule has 0 saturated heterocycles. The quantitative estimate of drug-likeness (QED) is 0.749. The highest BCUT2D eigenvalue weighted by Gasteiger charge is 2.37. The van der Waals surface area contributed by atoms with Crippen LogP contribution < -0.4 is 0 Å². The number of rotatable bonds is 7. The van der Waals surface area contributed by atoms with Crippen LogP contribution in [-0.2, 0) is 0 Å². The number of aliphatic hydroxyl groups excluding tert-OH is 1. The zero-order chi connectivity index (χ0) is 15.3. The normalized spacial score (nSPS) is 31.4. The Labute approximate surface area is 132 Å². The van der Waals surface area contributed by atoms with E-state index in [-0.39, 0.29) is 5.41 Å². The summed E-state index contributed by atoms with van der Waals surface area (Å²) in [6.07, 6.45) is 12.0. The Morgan fingerprint density at radius 1 is 1.14 bits per heavy atom. The first-order chi connectivity index (χ1) is 10.0. The van der Waals surface area contributed by atoms with E-state index < -0.39 is 0 Å². The number of hydrogen-bond acceptors (Lipinski definition) is 2. The monoisotopic (exact) mass is 295 g/mol. The van der Waals surface area contributed by atoms with Crippen LogP contribution in [0.4, 0.5) is 0 Å². The molecule has 2 fully saturated rings. The molecule has 0 amide bonds. The van der Waals surface area contributed by atoms with Gasteiger partial charge >= 0.3 is 0 Å². The molecule has 0 aromatic carbocycles. The maximum atomic E-state index is 10.1. The first-order valence-electron chi connectivity index (χ1n) is 9.39. The van der Waals surface area contributed by atoms with Gasteiger partial charge in [0.2, 0.25) is 0 Å². The van der Waals surface area contributed by atoms with E-state index in [4.69, 9.17) is 0 Å². The van der Waals surface area contributed by atoms with E-state index in [1.54, 1.807) is 0 Å². The number of hydrogen-bond donors (Lipinski definition) is 1. The molecule has 0 bridgehead atoms. The SMILES string of the molecule is CC(C)CCN(CC1(CO)CCCC(C)C1)C1CCCC1.